The molecular formula is C17H12BrNO5. The van der Waals surface area contributed by atoms with E-state index >= 15 is 0 Å². The van der Waals surface area contributed by atoms with Gasteiger partial charge in [-0.05, 0) is 35.9 Å². The molecule has 0 fully saturated rings. The smallest absolute Gasteiger partial charge is 0.352 e. The Hall–Kier alpha value is -2.80. The number of amides is 1. The van der Waals surface area contributed by atoms with Crippen molar-refractivity contribution in [3.63, 3.8) is 0 Å². The highest BCUT2D eigenvalue weighted by Crippen LogP contribution is 2.37. The first-order valence-corrected chi connectivity index (χ1v) is 7.74. The third-order valence-electron chi connectivity index (χ3n) is 3.31. The third-order valence-corrected chi connectivity index (χ3v) is 3.99. The number of rotatable bonds is 4. The first kappa shape index (κ1) is 16.1. The molecule has 0 aromatic heterocycles. The molecule has 0 unspecified atom stereocenters. The van der Waals surface area contributed by atoms with Crippen LogP contribution in [0, 0.1) is 0 Å². The molecule has 7 heteroatoms. The number of benzene rings is 2. The van der Waals surface area contributed by atoms with Crippen LogP contribution in [0.2, 0.25) is 0 Å². The molecule has 0 bridgehead atoms. The standard InChI is InChI=1S/C17H12BrNO5/c18-12-8-15-14(23-9-24-15)7-11(12)6-13(17(21)22)19-16(20)10-4-2-1-3-5-10/h1-8H,9H2,(H,19,20)(H,21,22)/b13-6+. The van der Waals surface area contributed by atoms with Crippen LogP contribution in [0.25, 0.3) is 6.08 Å². The fourth-order valence-electron chi connectivity index (χ4n) is 2.13. The van der Waals surface area contributed by atoms with Gasteiger partial charge in [0.25, 0.3) is 5.91 Å². The van der Waals surface area contributed by atoms with Gasteiger partial charge in [-0.1, -0.05) is 34.1 Å². The second-order valence-electron chi connectivity index (χ2n) is 4.91. The summed E-state index contributed by atoms with van der Waals surface area (Å²) in [5.74, 6) is -0.655. The molecule has 6 nitrogen and oxygen atoms in total. The number of carbonyl (C=O) groups excluding carboxylic acids is 1. The molecule has 0 aliphatic carbocycles. The van der Waals surface area contributed by atoms with E-state index in [4.69, 9.17) is 9.47 Å². The quantitative estimate of drug-likeness (QED) is 0.785. The van der Waals surface area contributed by atoms with Crippen molar-refractivity contribution in [2.45, 2.75) is 0 Å². The third kappa shape index (κ3) is 3.41. The van der Waals surface area contributed by atoms with Gasteiger partial charge in [0.05, 0.1) is 0 Å². The van der Waals surface area contributed by atoms with E-state index in [0.29, 0.717) is 27.1 Å². The fourth-order valence-corrected chi connectivity index (χ4v) is 2.57. The highest BCUT2D eigenvalue weighted by molar-refractivity contribution is 9.10. The zero-order valence-corrected chi connectivity index (χ0v) is 13.9. The number of carboxylic acid groups (broad SMARTS) is 1. The summed E-state index contributed by atoms with van der Waals surface area (Å²) in [7, 11) is 0. The topological polar surface area (TPSA) is 84.9 Å². The van der Waals surface area contributed by atoms with Crippen LogP contribution in [0.1, 0.15) is 15.9 Å². The maximum atomic E-state index is 12.2. The van der Waals surface area contributed by atoms with E-state index in [0.717, 1.165) is 0 Å². The van der Waals surface area contributed by atoms with Crippen molar-refractivity contribution in [3.8, 4) is 11.5 Å². The Labute approximate surface area is 145 Å². The number of hydrogen-bond donors (Lipinski definition) is 2. The minimum absolute atomic E-state index is 0.117. The molecule has 24 heavy (non-hydrogen) atoms. The van der Waals surface area contributed by atoms with E-state index in [1.165, 1.54) is 6.08 Å². The first-order valence-electron chi connectivity index (χ1n) is 6.95. The molecule has 2 aromatic rings. The van der Waals surface area contributed by atoms with Crippen molar-refractivity contribution < 1.29 is 24.2 Å². The van der Waals surface area contributed by atoms with Crippen LogP contribution in [0.4, 0.5) is 0 Å². The number of hydrogen-bond acceptors (Lipinski definition) is 4. The van der Waals surface area contributed by atoms with Gasteiger partial charge in [-0.25, -0.2) is 4.79 Å². The van der Waals surface area contributed by atoms with Gasteiger partial charge in [-0.15, -0.1) is 0 Å². The molecule has 1 heterocycles. The maximum Gasteiger partial charge on any atom is 0.352 e. The van der Waals surface area contributed by atoms with E-state index < -0.39 is 11.9 Å². The Kier molecular flexibility index (Phi) is 4.52. The van der Waals surface area contributed by atoms with Crippen LogP contribution in [-0.4, -0.2) is 23.8 Å². The minimum Gasteiger partial charge on any atom is -0.477 e. The molecule has 0 atom stereocenters. The lowest BCUT2D eigenvalue weighted by Crippen LogP contribution is -2.27. The molecule has 0 spiro atoms. The monoisotopic (exact) mass is 389 g/mol. The maximum absolute atomic E-state index is 12.2. The van der Waals surface area contributed by atoms with Gasteiger partial charge in [-0.2, -0.15) is 0 Å². The van der Waals surface area contributed by atoms with Crippen LogP contribution >= 0.6 is 15.9 Å². The highest BCUT2D eigenvalue weighted by Gasteiger charge is 2.18. The van der Waals surface area contributed by atoms with Gasteiger partial charge in [0.2, 0.25) is 6.79 Å². The molecule has 3 rings (SSSR count). The van der Waals surface area contributed by atoms with Crippen LogP contribution in [0.5, 0.6) is 11.5 Å². The van der Waals surface area contributed by atoms with Gasteiger partial charge in [-0.3, -0.25) is 4.79 Å². The number of aliphatic carboxylic acids is 1. The molecule has 1 aliphatic rings. The van der Waals surface area contributed by atoms with Gasteiger partial charge in [0, 0.05) is 10.0 Å². The second kappa shape index (κ2) is 6.76. The fraction of sp³-hybridized carbons (Fsp3) is 0.0588. The van der Waals surface area contributed by atoms with E-state index in [1.807, 2.05) is 0 Å². The molecule has 0 saturated carbocycles. The van der Waals surface area contributed by atoms with Crippen molar-refractivity contribution >= 4 is 33.9 Å². The van der Waals surface area contributed by atoms with Gasteiger partial charge in [0.15, 0.2) is 11.5 Å². The van der Waals surface area contributed by atoms with Crippen LogP contribution in [0.15, 0.2) is 52.6 Å². The molecule has 122 valence electrons. The largest absolute Gasteiger partial charge is 0.477 e. The Bertz CT molecular complexity index is 832. The predicted octanol–water partition coefficient (Wildman–Crippen LogP) is 3.03. The summed E-state index contributed by atoms with van der Waals surface area (Å²) in [5, 5.41) is 11.8. The van der Waals surface area contributed by atoms with Crippen molar-refractivity contribution in [2.75, 3.05) is 6.79 Å². The summed E-state index contributed by atoms with van der Waals surface area (Å²) >= 11 is 3.35. The zero-order chi connectivity index (χ0) is 17.1. The lowest BCUT2D eigenvalue weighted by molar-refractivity contribution is -0.132. The number of ether oxygens (including phenoxy) is 2. The van der Waals surface area contributed by atoms with E-state index in [1.54, 1.807) is 42.5 Å². The van der Waals surface area contributed by atoms with E-state index in [2.05, 4.69) is 21.2 Å². The number of halogens is 1. The summed E-state index contributed by atoms with van der Waals surface area (Å²) in [6, 6.07) is 11.7. The van der Waals surface area contributed by atoms with Gasteiger partial charge in [0.1, 0.15) is 5.70 Å². The average molecular weight is 390 g/mol. The molecule has 0 saturated heterocycles. The van der Waals surface area contributed by atoms with Gasteiger partial charge >= 0.3 is 5.97 Å². The lowest BCUT2D eigenvalue weighted by atomic mass is 10.1. The van der Waals surface area contributed by atoms with E-state index in [9.17, 15) is 14.7 Å². The van der Waals surface area contributed by atoms with Crippen molar-refractivity contribution in [1.29, 1.82) is 0 Å². The molecule has 0 radical (unpaired) electrons. The summed E-state index contributed by atoms with van der Waals surface area (Å²) in [6.07, 6.45) is 1.36. The SMILES string of the molecule is O=C(O)/C(=C\c1cc2c(cc1Br)OCO2)NC(=O)c1ccccc1. The molecule has 1 aliphatic heterocycles. The van der Waals surface area contributed by atoms with Gasteiger partial charge < -0.3 is 19.9 Å². The second-order valence-corrected chi connectivity index (χ2v) is 5.76. The minimum atomic E-state index is -1.25. The van der Waals surface area contributed by atoms with Crippen molar-refractivity contribution in [1.82, 2.24) is 5.32 Å². The van der Waals surface area contributed by atoms with E-state index in [-0.39, 0.29) is 12.5 Å². The summed E-state index contributed by atoms with van der Waals surface area (Å²) in [6.45, 7) is 0.117. The molecule has 2 N–H and O–H groups in total. The molecule has 1 amide bonds. The van der Waals surface area contributed by atoms with Crippen LogP contribution < -0.4 is 14.8 Å². The molecular weight excluding hydrogens is 378 g/mol. The van der Waals surface area contributed by atoms with Crippen molar-refractivity contribution in [2.24, 2.45) is 0 Å². The first-order chi connectivity index (χ1) is 11.5. The zero-order valence-electron chi connectivity index (χ0n) is 12.3. The normalized spacial score (nSPS) is 12.8. The summed E-state index contributed by atoms with van der Waals surface area (Å²) in [4.78, 5) is 23.6. The number of carbonyl (C=O) groups is 2. The Morgan fingerprint density at radius 1 is 1.12 bits per heavy atom. The average Bonchev–Trinajstić information content (AvgIpc) is 3.02. The van der Waals surface area contributed by atoms with Crippen LogP contribution in [-0.2, 0) is 4.79 Å². The Morgan fingerprint density at radius 3 is 2.46 bits per heavy atom. The Balaban J connectivity index is 1.90. The highest BCUT2D eigenvalue weighted by atomic mass is 79.9. The number of carboxylic acids is 1. The van der Waals surface area contributed by atoms with Crippen molar-refractivity contribution in [3.05, 3.63) is 63.8 Å². The Morgan fingerprint density at radius 2 is 1.79 bits per heavy atom. The number of nitrogens with one attached hydrogen (secondary N) is 1. The summed E-state index contributed by atoms with van der Waals surface area (Å²) < 4.78 is 11.2. The molecule has 2 aromatic carbocycles. The van der Waals surface area contributed by atoms with Crippen LogP contribution in [0.3, 0.4) is 0 Å². The number of fused-ring (bicyclic) bond motifs is 1. The lowest BCUT2D eigenvalue weighted by Gasteiger charge is -2.08. The summed E-state index contributed by atoms with van der Waals surface area (Å²) in [5.41, 5.74) is 0.669. The predicted molar refractivity (Wildman–Crippen MR) is 89.8 cm³/mol.